The van der Waals surface area contributed by atoms with Gasteiger partial charge >= 0.3 is 0 Å². The molecule has 2 rings (SSSR count). The maximum Gasteiger partial charge on any atom is 0.269 e. The molecule has 5 nitrogen and oxygen atoms in total. The van der Waals surface area contributed by atoms with Gasteiger partial charge in [0, 0.05) is 12.1 Å². The number of benzene rings is 1. The summed E-state index contributed by atoms with van der Waals surface area (Å²) in [6.07, 6.45) is 0. The minimum Gasteiger partial charge on any atom is -0.312 e. The predicted octanol–water partition coefficient (Wildman–Crippen LogP) is 1.86. The second-order valence-electron chi connectivity index (χ2n) is 6.57. The van der Waals surface area contributed by atoms with Crippen LogP contribution in [0.3, 0.4) is 0 Å². The normalized spacial score (nSPS) is 18.7. The smallest absolute Gasteiger partial charge is 0.269 e. The Morgan fingerprint density at radius 1 is 1.24 bits per heavy atom. The van der Waals surface area contributed by atoms with Crippen molar-refractivity contribution in [1.82, 2.24) is 9.62 Å². The van der Waals surface area contributed by atoms with Gasteiger partial charge in [-0.2, -0.15) is 0 Å². The minimum absolute atomic E-state index is 0.0366. The molecule has 0 aromatic heterocycles. The van der Waals surface area contributed by atoms with Crippen molar-refractivity contribution in [3.63, 3.8) is 0 Å². The van der Waals surface area contributed by atoms with E-state index in [1.54, 1.807) is 18.2 Å². The van der Waals surface area contributed by atoms with Crippen LogP contribution in [0.1, 0.15) is 38.1 Å². The molecule has 1 aliphatic heterocycles. The number of carbonyl (C=O) groups excluding carboxylic acids is 1. The van der Waals surface area contributed by atoms with Crippen molar-refractivity contribution in [2.45, 2.75) is 38.1 Å². The Hall–Kier alpha value is -1.40. The summed E-state index contributed by atoms with van der Waals surface area (Å²) in [4.78, 5) is 12.4. The first kappa shape index (κ1) is 16.0. The molecular formula is C15H22N2O3S. The molecule has 0 saturated heterocycles. The highest BCUT2D eigenvalue weighted by Crippen LogP contribution is 2.30. The molecule has 1 aromatic rings. The fraction of sp³-hybridized carbons (Fsp3) is 0.533. The zero-order valence-corrected chi connectivity index (χ0v) is 13.7. The quantitative estimate of drug-likeness (QED) is 0.922. The molecule has 1 N–H and O–H groups in total. The van der Waals surface area contributed by atoms with Gasteiger partial charge in [0.25, 0.3) is 15.9 Å². The Labute approximate surface area is 126 Å². The van der Waals surface area contributed by atoms with E-state index in [0.717, 1.165) is 4.31 Å². The summed E-state index contributed by atoms with van der Waals surface area (Å²) >= 11 is 0. The number of carbonyl (C=O) groups is 1. The average Bonchev–Trinajstić information content (AvgIpc) is 2.58. The van der Waals surface area contributed by atoms with Crippen LogP contribution in [-0.2, 0) is 10.0 Å². The Morgan fingerprint density at radius 3 is 2.43 bits per heavy atom. The van der Waals surface area contributed by atoms with E-state index in [1.807, 2.05) is 27.7 Å². The highest BCUT2D eigenvalue weighted by molar-refractivity contribution is 7.90. The van der Waals surface area contributed by atoms with Crippen LogP contribution in [0.15, 0.2) is 29.2 Å². The molecule has 0 radical (unpaired) electrons. The second kappa shape index (κ2) is 5.42. The third-order valence-electron chi connectivity index (χ3n) is 3.37. The molecule has 0 bridgehead atoms. The van der Waals surface area contributed by atoms with Gasteiger partial charge < -0.3 is 5.32 Å². The zero-order chi connectivity index (χ0) is 15.8. The molecule has 21 heavy (non-hydrogen) atoms. The lowest BCUT2D eigenvalue weighted by molar-refractivity contribution is 0.0858. The van der Waals surface area contributed by atoms with E-state index in [0.29, 0.717) is 6.54 Å². The Morgan fingerprint density at radius 2 is 1.86 bits per heavy atom. The van der Waals surface area contributed by atoms with Gasteiger partial charge in [-0.1, -0.05) is 19.1 Å². The molecule has 6 heteroatoms. The minimum atomic E-state index is -3.69. The fourth-order valence-electron chi connectivity index (χ4n) is 2.24. The lowest BCUT2D eigenvalue weighted by Gasteiger charge is -2.25. The Bertz CT molecular complexity index is 647. The molecule has 1 aliphatic rings. The van der Waals surface area contributed by atoms with Crippen molar-refractivity contribution in [3.05, 3.63) is 29.8 Å². The van der Waals surface area contributed by atoms with Gasteiger partial charge in [0.1, 0.15) is 4.90 Å². The number of nitrogens with zero attached hydrogens (tertiary/aromatic N) is 1. The third-order valence-corrected chi connectivity index (χ3v) is 5.18. The van der Waals surface area contributed by atoms with Gasteiger partial charge in [0.15, 0.2) is 0 Å². The molecular weight excluding hydrogens is 288 g/mol. The topological polar surface area (TPSA) is 66.5 Å². The molecule has 116 valence electrons. The summed E-state index contributed by atoms with van der Waals surface area (Å²) in [6, 6.07) is 6.37. The van der Waals surface area contributed by atoms with Crippen LogP contribution in [0, 0.1) is 5.92 Å². The van der Waals surface area contributed by atoms with E-state index in [2.05, 4.69) is 5.32 Å². The number of amides is 1. The standard InChI is InChI=1S/C15H22N2O3S/c1-11(9-16-15(2,3)4)10-17-14(18)12-7-5-6-8-13(12)21(17,19)20/h5-8,11,16H,9-10H2,1-4H3. The monoisotopic (exact) mass is 310 g/mol. The van der Waals surface area contributed by atoms with Crippen molar-refractivity contribution in [3.8, 4) is 0 Å². The number of nitrogens with one attached hydrogen (secondary N) is 1. The highest BCUT2D eigenvalue weighted by atomic mass is 32.2. The van der Waals surface area contributed by atoms with Gasteiger partial charge in [0.05, 0.1) is 5.56 Å². The number of hydrogen-bond donors (Lipinski definition) is 1. The number of sulfonamides is 1. The summed E-state index contributed by atoms with van der Waals surface area (Å²) in [5.74, 6) is -0.384. The summed E-state index contributed by atoms with van der Waals surface area (Å²) in [7, 11) is -3.69. The molecule has 1 aromatic carbocycles. The van der Waals surface area contributed by atoms with Gasteiger partial charge in [-0.15, -0.1) is 0 Å². The molecule has 1 unspecified atom stereocenters. The summed E-state index contributed by atoms with van der Waals surface area (Å²) < 4.78 is 25.8. The largest absolute Gasteiger partial charge is 0.312 e. The van der Waals surface area contributed by atoms with Gasteiger partial charge in [-0.25, -0.2) is 12.7 Å². The number of hydrogen-bond acceptors (Lipinski definition) is 4. The van der Waals surface area contributed by atoms with Crippen LogP contribution in [0.5, 0.6) is 0 Å². The van der Waals surface area contributed by atoms with Crippen molar-refractivity contribution in [2.75, 3.05) is 13.1 Å². The SMILES string of the molecule is CC(CNC(C)(C)C)CN1C(=O)c2ccccc2S1(=O)=O. The molecule has 1 atom stereocenters. The van der Waals surface area contributed by atoms with Crippen molar-refractivity contribution < 1.29 is 13.2 Å². The Kier molecular flexibility index (Phi) is 4.13. The van der Waals surface area contributed by atoms with E-state index in [9.17, 15) is 13.2 Å². The van der Waals surface area contributed by atoms with E-state index < -0.39 is 15.9 Å². The predicted molar refractivity (Wildman–Crippen MR) is 81.6 cm³/mol. The second-order valence-corrected chi connectivity index (χ2v) is 8.40. The van der Waals surface area contributed by atoms with Gasteiger partial charge in [-0.3, -0.25) is 4.79 Å². The lowest BCUT2D eigenvalue weighted by Crippen LogP contribution is -2.42. The molecule has 0 spiro atoms. The summed E-state index contributed by atoms with van der Waals surface area (Å²) in [5, 5.41) is 3.33. The van der Waals surface area contributed by atoms with Crippen LogP contribution in [0.2, 0.25) is 0 Å². The molecule has 0 aliphatic carbocycles. The zero-order valence-electron chi connectivity index (χ0n) is 12.9. The maximum atomic E-state index is 12.4. The first-order valence-electron chi connectivity index (χ1n) is 7.04. The van der Waals surface area contributed by atoms with Crippen LogP contribution in [0.4, 0.5) is 0 Å². The van der Waals surface area contributed by atoms with Gasteiger partial charge in [0.2, 0.25) is 0 Å². The molecule has 1 heterocycles. The molecule has 0 saturated carbocycles. The first-order valence-corrected chi connectivity index (χ1v) is 8.48. The van der Waals surface area contributed by atoms with E-state index in [1.165, 1.54) is 6.07 Å². The molecule has 1 amide bonds. The number of rotatable bonds is 4. The summed E-state index contributed by atoms with van der Waals surface area (Å²) in [6.45, 7) is 8.93. The average molecular weight is 310 g/mol. The van der Waals surface area contributed by atoms with Gasteiger partial charge in [-0.05, 0) is 45.4 Å². The molecule has 0 fully saturated rings. The maximum absolute atomic E-state index is 12.4. The highest BCUT2D eigenvalue weighted by Gasteiger charge is 2.41. The van der Waals surface area contributed by atoms with Crippen LogP contribution < -0.4 is 5.32 Å². The Balaban J connectivity index is 2.14. The van der Waals surface area contributed by atoms with Crippen LogP contribution in [-0.4, -0.2) is 37.3 Å². The third kappa shape index (κ3) is 3.27. The van der Waals surface area contributed by atoms with E-state index >= 15 is 0 Å². The van der Waals surface area contributed by atoms with E-state index in [4.69, 9.17) is 0 Å². The van der Waals surface area contributed by atoms with Crippen LogP contribution in [0.25, 0.3) is 0 Å². The summed E-state index contributed by atoms with van der Waals surface area (Å²) in [5.41, 5.74) is 0.235. The van der Waals surface area contributed by atoms with Crippen molar-refractivity contribution >= 4 is 15.9 Å². The van der Waals surface area contributed by atoms with E-state index in [-0.39, 0.29) is 28.5 Å². The fourth-order valence-corrected chi connectivity index (χ4v) is 3.93. The first-order chi connectivity index (χ1) is 9.63. The van der Waals surface area contributed by atoms with Crippen molar-refractivity contribution in [2.24, 2.45) is 5.92 Å². The lowest BCUT2D eigenvalue weighted by atomic mass is 10.1. The van der Waals surface area contributed by atoms with Crippen molar-refractivity contribution in [1.29, 1.82) is 0 Å². The van der Waals surface area contributed by atoms with Crippen LogP contribution >= 0.6 is 0 Å². The number of fused-ring (bicyclic) bond motifs is 1.